The Kier molecular flexibility index (Phi) is 4.39. The smallest absolute Gasteiger partial charge is 0.352 e. The quantitative estimate of drug-likeness (QED) is 0.794. The number of imidazole rings is 1. The van der Waals surface area contributed by atoms with Gasteiger partial charge in [0.15, 0.2) is 5.84 Å². The SMILES string of the molecule is CN(CC(=O)NC1(C(F)(F)F)CC1)C1=C2CCCC2N=C(c2cn(C)cn2)N1. The summed E-state index contributed by atoms with van der Waals surface area (Å²) < 4.78 is 41.1. The minimum absolute atomic E-state index is 0.0173. The first-order valence-corrected chi connectivity index (χ1v) is 9.34. The largest absolute Gasteiger partial charge is 0.411 e. The van der Waals surface area contributed by atoms with Crippen molar-refractivity contribution in [3.8, 4) is 0 Å². The number of carbonyl (C=O) groups excluding carboxylic acids is 1. The van der Waals surface area contributed by atoms with E-state index >= 15 is 0 Å². The number of aromatic nitrogens is 2. The number of rotatable bonds is 5. The van der Waals surface area contributed by atoms with Crippen LogP contribution in [0.25, 0.3) is 0 Å². The van der Waals surface area contributed by atoms with Crippen LogP contribution in [0.1, 0.15) is 37.8 Å². The van der Waals surface area contributed by atoms with Crippen LogP contribution in [0.2, 0.25) is 0 Å². The van der Waals surface area contributed by atoms with E-state index in [1.807, 2.05) is 17.8 Å². The third-order valence-electron chi connectivity index (χ3n) is 5.53. The summed E-state index contributed by atoms with van der Waals surface area (Å²) in [5.41, 5.74) is -0.260. The Bertz CT molecular complexity index is 852. The Morgan fingerprint density at radius 3 is 2.82 bits per heavy atom. The van der Waals surface area contributed by atoms with Gasteiger partial charge in [0.1, 0.15) is 17.1 Å². The summed E-state index contributed by atoms with van der Waals surface area (Å²) in [5.74, 6) is 0.723. The van der Waals surface area contributed by atoms with Crippen LogP contribution >= 0.6 is 0 Å². The molecule has 0 radical (unpaired) electrons. The van der Waals surface area contributed by atoms with Crippen LogP contribution in [0.5, 0.6) is 0 Å². The van der Waals surface area contributed by atoms with Crippen molar-refractivity contribution in [2.75, 3.05) is 13.6 Å². The van der Waals surface area contributed by atoms with Gasteiger partial charge in [0, 0.05) is 20.3 Å². The Balaban J connectivity index is 1.48. The summed E-state index contributed by atoms with van der Waals surface area (Å²) in [6, 6.07) is 0.0173. The molecule has 10 heteroatoms. The predicted molar refractivity (Wildman–Crippen MR) is 96.3 cm³/mol. The molecule has 1 aliphatic heterocycles. The first-order valence-electron chi connectivity index (χ1n) is 9.34. The molecule has 2 heterocycles. The van der Waals surface area contributed by atoms with Gasteiger partial charge in [-0.3, -0.25) is 9.79 Å². The monoisotopic (exact) mass is 396 g/mol. The van der Waals surface area contributed by atoms with Crippen LogP contribution in [0.3, 0.4) is 0 Å². The molecule has 0 bridgehead atoms. The van der Waals surface area contributed by atoms with Crippen LogP contribution in [-0.2, 0) is 11.8 Å². The molecule has 0 aromatic carbocycles. The van der Waals surface area contributed by atoms with E-state index in [1.54, 1.807) is 18.3 Å². The van der Waals surface area contributed by atoms with Crippen molar-refractivity contribution in [3.63, 3.8) is 0 Å². The number of hydrogen-bond acceptors (Lipinski definition) is 5. The maximum absolute atomic E-state index is 13.1. The van der Waals surface area contributed by atoms with Gasteiger partial charge in [0.2, 0.25) is 5.91 Å². The second-order valence-corrected chi connectivity index (χ2v) is 7.79. The number of likely N-dealkylation sites (N-methyl/N-ethyl adjacent to an activating group) is 1. The highest BCUT2D eigenvalue weighted by atomic mass is 19.4. The number of aryl methyl sites for hydroxylation is 1. The first-order chi connectivity index (χ1) is 13.2. The van der Waals surface area contributed by atoms with Crippen molar-refractivity contribution < 1.29 is 18.0 Å². The van der Waals surface area contributed by atoms with Crippen molar-refractivity contribution >= 4 is 11.7 Å². The number of nitrogens with one attached hydrogen (secondary N) is 2. The van der Waals surface area contributed by atoms with E-state index in [4.69, 9.17) is 4.99 Å². The van der Waals surface area contributed by atoms with Gasteiger partial charge >= 0.3 is 6.18 Å². The Morgan fingerprint density at radius 1 is 1.46 bits per heavy atom. The lowest BCUT2D eigenvalue weighted by molar-refractivity contribution is -0.170. The zero-order valence-corrected chi connectivity index (χ0v) is 15.8. The summed E-state index contributed by atoms with van der Waals surface area (Å²) in [6.45, 7) is -0.161. The number of alkyl halides is 3. The zero-order valence-electron chi connectivity index (χ0n) is 15.8. The summed E-state index contributed by atoms with van der Waals surface area (Å²) in [5, 5.41) is 5.43. The van der Waals surface area contributed by atoms with Crippen molar-refractivity contribution in [2.24, 2.45) is 12.0 Å². The number of halogens is 3. The van der Waals surface area contributed by atoms with Gasteiger partial charge in [0.05, 0.1) is 18.9 Å². The molecule has 152 valence electrons. The lowest BCUT2D eigenvalue weighted by atomic mass is 10.1. The lowest BCUT2D eigenvalue weighted by Crippen LogP contribution is -2.51. The normalized spacial score (nSPS) is 23.0. The molecule has 0 saturated heterocycles. The average molecular weight is 396 g/mol. The average Bonchev–Trinajstić information content (AvgIpc) is 3.05. The molecule has 2 N–H and O–H groups in total. The Hall–Kier alpha value is -2.52. The summed E-state index contributed by atoms with van der Waals surface area (Å²) in [4.78, 5) is 23.0. The fourth-order valence-electron chi connectivity index (χ4n) is 3.84. The Morgan fingerprint density at radius 2 is 2.21 bits per heavy atom. The summed E-state index contributed by atoms with van der Waals surface area (Å²) >= 11 is 0. The molecule has 1 aromatic heterocycles. The first kappa shape index (κ1) is 18.8. The molecule has 28 heavy (non-hydrogen) atoms. The zero-order chi connectivity index (χ0) is 20.1. The summed E-state index contributed by atoms with van der Waals surface area (Å²) in [6.07, 6.45) is 1.74. The van der Waals surface area contributed by atoms with E-state index in [1.165, 1.54) is 0 Å². The Labute approximate surface area is 160 Å². The van der Waals surface area contributed by atoms with E-state index in [2.05, 4.69) is 15.6 Å². The molecular weight excluding hydrogens is 373 g/mol. The fraction of sp³-hybridized carbons (Fsp3) is 0.611. The number of fused-ring (bicyclic) bond motifs is 1. The third kappa shape index (κ3) is 3.35. The molecule has 2 saturated carbocycles. The molecule has 2 fully saturated rings. The molecule has 1 atom stereocenters. The van der Waals surface area contributed by atoms with Crippen LogP contribution in [0.15, 0.2) is 28.9 Å². The van der Waals surface area contributed by atoms with Crippen LogP contribution in [0, 0.1) is 0 Å². The standard InChI is InChI=1S/C18H23F3N6O/c1-26-8-13(22-10-26)15-23-12-5-3-4-11(12)16(24-15)27(2)9-14(28)25-17(6-7-17)18(19,20)21/h8,10,12H,3-7,9H2,1-2H3,(H,23,24)(H,25,28). The molecule has 3 aliphatic rings. The molecule has 1 amide bonds. The number of amidine groups is 1. The highest BCUT2D eigenvalue weighted by molar-refractivity contribution is 5.99. The van der Waals surface area contributed by atoms with Gasteiger partial charge in [-0.05, 0) is 37.7 Å². The van der Waals surface area contributed by atoms with E-state index in [0.29, 0.717) is 11.5 Å². The number of hydrogen-bond donors (Lipinski definition) is 2. The van der Waals surface area contributed by atoms with Gasteiger partial charge in [0.25, 0.3) is 0 Å². The molecule has 7 nitrogen and oxygen atoms in total. The van der Waals surface area contributed by atoms with E-state index in [9.17, 15) is 18.0 Å². The maximum atomic E-state index is 13.1. The van der Waals surface area contributed by atoms with E-state index in [0.717, 1.165) is 30.7 Å². The minimum Gasteiger partial charge on any atom is -0.352 e. The van der Waals surface area contributed by atoms with Crippen LogP contribution in [0.4, 0.5) is 13.2 Å². The number of amides is 1. The van der Waals surface area contributed by atoms with Gasteiger partial charge in [-0.25, -0.2) is 4.98 Å². The number of nitrogens with zero attached hydrogens (tertiary/aromatic N) is 4. The van der Waals surface area contributed by atoms with Crippen molar-refractivity contribution in [3.05, 3.63) is 29.6 Å². The second kappa shape index (κ2) is 6.52. The van der Waals surface area contributed by atoms with E-state index in [-0.39, 0.29) is 25.4 Å². The van der Waals surface area contributed by atoms with Gasteiger partial charge in [-0.15, -0.1) is 0 Å². The minimum atomic E-state index is -4.42. The topological polar surface area (TPSA) is 74.5 Å². The molecule has 0 spiro atoms. The van der Waals surface area contributed by atoms with Crippen LogP contribution < -0.4 is 10.6 Å². The molecule has 4 rings (SSSR count). The highest BCUT2D eigenvalue weighted by Gasteiger charge is 2.64. The van der Waals surface area contributed by atoms with Gasteiger partial charge in [-0.1, -0.05) is 0 Å². The highest BCUT2D eigenvalue weighted by Crippen LogP contribution is 2.48. The molecule has 1 aromatic rings. The predicted octanol–water partition coefficient (Wildman–Crippen LogP) is 1.68. The van der Waals surface area contributed by atoms with Crippen molar-refractivity contribution in [1.82, 2.24) is 25.1 Å². The van der Waals surface area contributed by atoms with Crippen molar-refractivity contribution in [1.29, 1.82) is 0 Å². The maximum Gasteiger partial charge on any atom is 0.411 e. The van der Waals surface area contributed by atoms with Crippen LogP contribution in [-0.4, -0.2) is 57.5 Å². The number of carbonyl (C=O) groups is 1. The third-order valence-corrected chi connectivity index (χ3v) is 5.53. The van der Waals surface area contributed by atoms with Gasteiger partial charge in [-0.2, -0.15) is 13.2 Å². The molecule has 2 aliphatic carbocycles. The second-order valence-electron chi connectivity index (χ2n) is 7.79. The molecular formula is C18H23F3N6O. The van der Waals surface area contributed by atoms with E-state index < -0.39 is 17.6 Å². The fourth-order valence-corrected chi connectivity index (χ4v) is 3.84. The summed E-state index contributed by atoms with van der Waals surface area (Å²) in [7, 11) is 3.57. The number of aliphatic imine (C=N–C) groups is 1. The van der Waals surface area contributed by atoms with Gasteiger partial charge < -0.3 is 20.1 Å². The molecule has 1 unspecified atom stereocenters. The lowest BCUT2D eigenvalue weighted by Gasteiger charge is -2.31. The van der Waals surface area contributed by atoms with Crippen molar-refractivity contribution in [2.45, 2.75) is 49.9 Å².